The summed E-state index contributed by atoms with van der Waals surface area (Å²) < 4.78 is 15.8. The lowest BCUT2D eigenvalue weighted by Crippen LogP contribution is -2.03. The van der Waals surface area contributed by atoms with Gasteiger partial charge in [0.05, 0.1) is 21.3 Å². The van der Waals surface area contributed by atoms with Gasteiger partial charge in [-0.1, -0.05) is 0 Å². The molecule has 1 aromatic carbocycles. The number of aliphatic hydroxyl groups is 1. The molecule has 0 aromatic heterocycles. The van der Waals surface area contributed by atoms with Crippen LogP contribution in [0.25, 0.3) is 0 Å². The van der Waals surface area contributed by atoms with Gasteiger partial charge in [0, 0.05) is 31.0 Å². The van der Waals surface area contributed by atoms with E-state index in [0.29, 0.717) is 17.2 Å². The SMILES string of the molecule is COc1cc(NCCCCCO)cc(OC)c1OC. The van der Waals surface area contributed by atoms with Crippen LogP contribution in [0.2, 0.25) is 0 Å². The van der Waals surface area contributed by atoms with Crippen molar-refractivity contribution in [3.05, 3.63) is 12.1 Å². The first-order chi connectivity index (χ1) is 9.26. The van der Waals surface area contributed by atoms with Crippen molar-refractivity contribution >= 4 is 5.69 Å². The van der Waals surface area contributed by atoms with Crippen molar-refractivity contribution in [3.8, 4) is 17.2 Å². The zero-order valence-electron chi connectivity index (χ0n) is 11.9. The van der Waals surface area contributed by atoms with Crippen molar-refractivity contribution in [2.75, 3.05) is 39.8 Å². The fraction of sp³-hybridized carbons (Fsp3) is 0.571. The Balaban J connectivity index is 2.68. The molecule has 0 amide bonds. The topological polar surface area (TPSA) is 60.0 Å². The van der Waals surface area contributed by atoms with E-state index in [1.165, 1.54) is 0 Å². The summed E-state index contributed by atoms with van der Waals surface area (Å²) in [5.74, 6) is 1.87. The van der Waals surface area contributed by atoms with Crippen molar-refractivity contribution in [2.45, 2.75) is 19.3 Å². The van der Waals surface area contributed by atoms with Gasteiger partial charge in [-0.05, 0) is 19.3 Å². The van der Waals surface area contributed by atoms with E-state index in [4.69, 9.17) is 19.3 Å². The number of ether oxygens (including phenoxy) is 3. The molecule has 108 valence electrons. The zero-order valence-corrected chi connectivity index (χ0v) is 11.9. The molecule has 1 rings (SSSR count). The predicted octanol–water partition coefficient (Wildman–Crippen LogP) is 2.29. The lowest BCUT2D eigenvalue weighted by Gasteiger charge is -2.15. The molecule has 0 saturated carbocycles. The number of rotatable bonds is 9. The number of benzene rings is 1. The van der Waals surface area contributed by atoms with Crippen molar-refractivity contribution in [3.63, 3.8) is 0 Å². The molecule has 1 aromatic rings. The maximum Gasteiger partial charge on any atom is 0.203 e. The van der Waals surface area contributed by atoms with Gasteiger partial charge in [0.15, 0.2) is 11.5 Å². The largest absolute Gasteiger partial charge is 0.493 e. The Labute approximate surface area is 114 Å². The van der Waals surface area contributed by atoms with Gasteiger partial charge in [0.1, 0.15) is 0 Å². The number of hydrogen-bond donors (Lipinski definition) is 2. The molecule has 5 heteroatoms. The second kappa shape index (κ2) is 8.48. The molecular formula is C14H23NO4. The van der Waals surface area contributed by atoms with Crippen LogP contribution < -0.4 is 19.5 Å². The predicted molar refractivity (Wildman–Crippen MR) is 75.5 cm³/mol. The minimum atomic E-state index is 0.254. The fourth-order valence-corrected chi connectivity index (χ4v) is 1.83. The third-order valence-corrected chi connectivity index (χ3v) is 2.83. The van der Waals surface area contributed by atoms with Crippen LogP contribution in [0.3, 0.4) is 0 Å². The summed E-state index contributed by atoms with van der Waals surface area (Å²) in [6, 6.07) is 3.76. The van der Waals surface area contributed by atoms with Crippen LogP contribution in [0, 0.1) is 0 Å². The summed E-state index contributed by atoms with van der Waals surface area (Å²) in [6.07, 6.45) is 2.86. The van der Waals surface area contributed by atoms with Gasteiger partial charge in [-0.2, -0.15) is 0 Å². The fourth-order valence-electron chi connectivity index (χ4n) is 1.83. The van der Waals surface area contributed by atoms with Gasteiger partial charge in [-0.25, -0.2) is 0 Å². The molecule has 2 N–H and O–H groups in total. The van der Waals surface area contributed by atoms with Crippen LogP contribution in [-0.4, -0.2) is 39.6 Å². The molecule has 0 aliphatic rings. The number of aliphatic hydroxyl groups excluding tert-OH is 1. The van der Waals surface area contributed by atoms with Crippen LogP contribution in [0.4, 0.5) is 5.69 Å². The van der Waals surface area contributed by atoms with E-state index < -0.39 is 0 Å². The average molecular weight is 269 g/mol. The molecular weight excluding hydrogens is 246 g/mol. The highest BCUT2D eigenvalue weighted by Crippen LogP contribution is 2.39. The van der Waals surface area contributed by atoms with E-state index in [0.717, 1.165) is 31.5 Å². The number of nitrogens with one attached hydrogen (secondary N) is 1. The van der Waals surface area contributed by atoms with Gasteiger partial charge in [-0.15, -0.1) is 0 Å². The average Bonchev–Trinajstić information content (AvgIpc) is 2.45. The Hall–Kier alpha value is -1.62. The van der Waals surface area contributed by atoms with Crippen LogP contribution in [0.1, 0.15) is 19.3 Å². The van der Waals surface area contributed by atoms with Crippen molar-refractivity contribution < 1.29 is 19.3 Å². The molecule has 0 fully saturated rings. The quantitative estimate of drug-likeness (QED) is 0.674. The molecule has 0 unspecified atom stereocenters. The second-order valence-electron chi connectivity index (χ2n) is 4.13. The minimum absolute atomic E-state index is 0.254. The molecule has 0 atom stereocenters. The first-order valence-electron chi connectivity index (χ1n) is 6.41. The summed E-state index contributed by atoms with van der Waals surface area (Å²) in [6.45, 7) is 1.10. The minimum Gasteiger partial charge on any atom is -0.493 e. The number of methoxy groups -OCH3 is 3. The van der Waals surface area contributed by atoms with E-state index in [1.54, 1.807) is 21.3 Å². The molecule has 0 radical (unpaired) electrons. The summed E-state index contributed by atoms with van der Waals surface area (Å²) in [5.41, 5.74) is 0.929. The third kappa shape index (κ3) is 4.52. The van der Waals surface area contributed by atoms with Gasteiger partial charge in [-0.3, -0.25) is 0 Å². The lowest BCUT2D eigenvalue weighted by atomic mass is 10.2. The first-order valence-corrected chi connectivity index (χ1v) is 6.41. The van der Waals surface area contributed by atoms with E-state index in [-0.39, 0.29) is 6.61 Å². The molecule has 0 aliphatic heterocycles. The van der Waals surface area contributed by atoms with E-state index >= 15 is 0 Å². The molecule has 0 bridgehead atoms. The van der Waals surface area contributed by atoms with Crippen molar-refractivity contribution in [1.82, 2.24) is 0 Å². The Morgan fingerprint density at radius 1 is 0.947 bits per heavy atom. The van der Waals surface area contributed by atoms with E-state index in [2.05, 4.69) is 5.32 Å². The highest BCUT2D eigenvalue weighted by atomic mass is 16.5. The normalized spacial score (nSPS) is 10.1. The highest BCUT2D eigenvalue weighted by molar-refractivity contribution is 5.62. The summed E-state index contributed by atoms with van der Waals surface area (Å²) in [7, 11) is 4.78. The molecule has 0 heterocycles. The Kier molecular flexibility index (Phi) is 6.89. The molecule has 0 aliphatic carbocycles. The lowest BCUT2D eigenvalue weighted by molar-refractivity contribution is 0.283. The summed E-state index contributed by atoms with van der Waals surface area (Å²) >= 11 is 0. The van der Waals surface area contributed by atoms with Gasteiger partial charge in [0.2, 0.25) is 5.75 Å². The van der Waals surface area contributed by atoms with Crippen LogP contribution in [-0.2, 0) is 0 Å². The zero-order chi connectivity index (χ0) is 14.1. The maximum atomic E-state index is 8.71. The van der Waals surface area contributed by atoms with Crippen LogP contribution >= 0.6 is 0 Å². The highest BCUT2D eigenvalue weighted by Gasteiger charge is 2.12. The Bertz CT molecular complexity index is 357. The smallest absolute Gasteiger partial charge is 0.203 e. The maximum absolute atomic E-state index is 8.71. The standard InChI is InChI=1S/C14H23NO4/c1-17-12-9-11(15-7-5-4-6-8-16)10-13(18-2)14(12)19-3/h9-10,15-16H,4-8H2,1-3H3. The van der Waals surface area contributed by atoms with E-state index in [1.807, 2.05) is 12.1 Å². The monoisotopic (exact) mass is 269 g/mol. The summed E-state index contributed by atoms with van der Waals surface area (Å²) in [5, 5.41) is 12.0. The molecule has 5 nitrogen and oxygen atoms in total. The van der Waals surface area contributed by atoms with Gasteiger partial charge >= 0.3 is 0 Å². The summed E-state index contributed by atoms with van der Waals surface area (Å²) in [4.78, 5) is 0. The first kappa shape index (κ1) is 15.4. The van der Waals surface area contributed by atoms with Crippen molar-refractivity contribution in [1.29, 1.82) is 0 Å². The van der Waals surface area contributed by atoms with Gasteiger partial charge < -0.3 is 24.6 Å². The molecule has 0 spiro atoms. The third-order valence-electron chi connectivity index (χ3n) is 2.83. The van der Waals surface area contributed by atoms with Gasteiger partial charge in [0.25, 0.3) is 0 Å². The van der Waals surface area contributed by atoms with Crippen LogP contribution in [0.15, 0.2) is 12.1 Å². The Morgan fingerprint density at radius 3 is 2.05 bits per heavy atom. The molecule has 19 heavy (non-hydrogen) atoms. The van der Waals surface area contributed by atoms with Crippen molar-refractivity contribution in [2.24, 2.45) is 0 Å². The second-order valence-corrected chi connectivity index (χ2v) is 4.13. The Morgan fingerprint density at radius 2 is 1.58 bits per heavy atom. The number of anilines is 1. The van der Waals surface area contributed by atoms with Crippen LogP contribution in [0.5, 0.6) is 17.2 Å². The number of unbranched alkanes of at least 4 members (excludes halogenated alkanes) is 2. The molecule has 0 saturated heterocycles. The van der Waals surface area contributed by atoms with E-state index in [9.17, 15) is 0 Å². The number of hydrogen-bond acceptors (Lipinski definition) is 5.